The number of benzene rings is 1. The van der Waals surface area contributed by atoms with Gasteiger partial charge in [-0.2, -0.15) is 0 Å². The van der Waals surface area contributed by atoms with Crippen LogP contribution in [0.3, 0.4) is 0 Å². The molecule has 0 aliphatic rings. The summed E-state index contributed by atoms with van der Waals surface area (Å²) < 4.78 is 15.6. The number of ether oxygens (including phenoxy) is 2. The Labute approximate surface area is 127 Å². The molecule has 1 aromatic carbocycles. The van der Waals surface area contributed by atoms with Crippen molar-refractivity contribution in [2.75, 3.05) is 19.5 Å². The summed E-state index contributed by atoms with van der Waals surface area (Å²) in [6.07, 6.45) is 2.18. The molecule has 0 bridgehead atoms. The van der Waals surface area contributed by atoms with Crippen LogP contribution in [0.2, 0.25) is 0 Å². The highest BCUT2D eigenvalue weighted by Gasteiger charge is 2.13. The summed E-state index contributed by atoms with van der Waals surface area (Å²) in [6.45, 7) is 0.0353. The Morgan fingerprint density at radius 2 is 2.27 bits per heavy atom. The number of anilines is 1. The zero-order chi connectivity index (χ0) is 15.9. The van der Waals surface area contributed by atoms with E-state index in [-0.39, 0.29) is 30.5 Å². The molecule has 0 spiro atoms. The predicted octanol–water partition coefficient (Wildman–Crippen LogP) is 1.38. The van der Waals surface area contributed by atoms with Crippen LogP contribution in [0, 0.1) is 0 Å². The van der Waals surface area contributed by atoms with Gasteiger partial charge in [-0.25, -0.2) is 0 Å². The number of hydrogen-bond acceptors (Lipinski definition) is 6. The van der Waals surface area contributed by atoms with Crippen LogP contribution in [-0.2, 0) is 11.3 Å². The smallest absolute Gasteiger partial charge is 0.258 e. The molecule has 1 aromatic heterocycles. The molecule has 3 N–H and O–H groups in total. The van der Waals surface area contributed by atoms with E-state index in [0.29, 0.717) is 23.4 Å². The monoisotopic (exact) mass is 304 g/mol. The molecule has 7 nitrogen and oxygen atoms in total. The van der Waals surface area contributed by atoms with Crippen LogP contribution in [0.1, 0.15) is 16.1 Å². The quantitative estimate of drug-likeness (QED) is 0.591. The van der Waals surface area contributed by atoms with Crippen molar-refractivity contribution < 1.29 is 23.5 Å². The molecule has 0 radical (unpaired) electrons. The number of aldehydes is 1. The highest BCUT2D eigenvalue weighted by atomic mass is 16.5. The Morgan fingerprint density at radius 3 is 2.91 bits per heavy atom. The summed E-state index contributed by atoms with van der Waals surface area (Å²) in [7, 11) is 1.42. The third-order valence-corrected chi connectivity index (χ3v) is 2.85. The van der Waals surface area contributed by atoms with Crippen molar-refractivity contribution in [3.05, 3.63) is 41.9 Å². The number of carbonyl (C=O) groups excluding carboxylic acids is 2. The summed E-state index contributed by atoms with van der Waals surface area (Å²) in [6, 6.07) is 6.42. The van der Waals surface area contributed by atoms with E-state index < -0.39 is 0 Å². The lowest BCUT2D eigenvalue weighted by Gasteiger charge is -2.13. The zero-order valence-corrected chi connectivity index (χ0v) is 12.0. The highest BCUT2D eigenvalue weighted by Crippen LogP contribution is 2.34. The minimum Gasteiger partial charge on any atom is -0.493 e. The first-order valence-electron chi connectivity index (χ1n) is 6.48. The molecule has 0 fully saturated rings. The number of carbonyl (C=O) groups is 2. The second-order valence-corrected chi connectivity index (χ2v) is 4.40. The van der Waals surface area contributed by atoms with Crippen LogP contribution in [0.15, 0.2) is 34.9 Å². The summed E-state index contributed by atoms with van der Waals surface area (Å²) in [4.78, 5) is 22.5. The lowest BCUT2D eigenvalue weighted by atomic mass is 10.2. The summed E-state index contributed by atoms with van der Waals surface area (Å²) in [5.74, 6) is 0.820. The third-order valence-electron chi connectivity index (χ3n) is 2.85. The van der Waals surface area contributed by atoms with E-state index >= 15 is 0 Å². The Bertz CT molecular complexity index is 652. The number of amides is 1. The Kier molecular flexibility index (Phi) is 5.02. The number of methoxy groups -OCH3 is 1. The predicted molar refractivity (Wildman–Crippen MR) is 78.8 cm³/mol. The van der Waals surface area contributed by atoms with Crippen LogP contribution in [-0.4, -0.2) is 25.9 Å². The normalized spacial score (nSPS) is 10.0. The fourth-order valence-corrected chi connectivity index (χ4v) is 1.81. The van der Waals surface area contributed by atoms with E-state index in [4.69, 9.17) is 19.6 Å². The van der Waals surface area contributed by atoms with Gasteiger partial charge in [-0.1, -0.05) is 0 Å². The minimum atomic E-state index is -0.336. The maximum absolute atomic E-state index is 11.7. The van der Waals surface area contributed by atoms with Crippen molar-refractivity contribution in [2.24, 2.45) is 0 Å². The average Bonchev–Trinajstić information content (AvgIpc) is 3.04. The molecule has 0 saturated heterocycles. The Hall–Kier alpha value is -2.96. The summed E-state index contributed by atoms with van der Waals surface area (Å²) in [5.41, 5.74) is 6.39. The number of hydrogen-bond donors (Lipinski definition) is 2. The van der Waals surface area contributed by atoms with Crippen LogP contribution in [0.5, 0.6) is 11.5 Å². The zero-order valence-electron chi connectivity index (χ0n) is 12.0. The van der Waals surface area contributed by atoms with Crippen molar-refractivity contribution in [3.63, 3.8) is 0 Å². The molecule has 0 aliphatic heterocycles. The number of furan rings is 1. The van der Waals surface area contributed by atoms with Crippen LogP contribution in [0.4, 0.5) is 5.69 Å². The second kappa shape index (κ2) is 7.16. The maximum Gasteiger partial charge on any atom is 0.258 e. The first-order valence-corrected chi connectivity index (χ1v) is 6.48. The lowest BCUT2D eigenvalue weighted by molar-refractivity contribution is -0.123. The van der Waals surface area contributed by atoms with Crippen molar-refractivity contribution in [2.45, 2.75) is 6.54 Å². The molecule has 0 saturated carbocycles. The van der Waals surface area contributed by atoms with Crippen molar-refractivity contribution in [1.82, 2.24) is 5.32 Å². The summed E-state index contributed by atoms with van der Waals surface area (Å²) >= 11 is 0. The van der Waals surface area contributed by atoms with E-state index in [2.05, 4.69) is 5.32 Å². The minimum absolute atomic E-state index is 0.222. The van der Waals surface area contributed by atoms with Crippen LogP contribution >= 0.6 is 0 Å². The Balaban J connectivity index is 1.95. The fourth-order valence-electron chi connectivity index (χ4n) is 1.81. The second-order valence-electron chi connectivity index (χ2n) is 4.40. The molecule has 22 heavy (non-hydrogen) atoms. The highest BCUT2D eigenvalue weighted by molar-refractivity contribution is 5.81. The van der Waals surface area contributed by atoms with E-state index in [9.17, 15) is 9.59 Å². The molecule has 0 unspecified atom stereocenters. The molecule has 1 heterocycles. The molecule has 2 rings (SSSR count). The van der Waals surface area contributed by atoms with Gasteiger partial charge in [0, 0.05) is 5.56 Å². The topological polar surface area (TPSA) is 104 Å². The molecule has 7 heteroatoms. The van der Waals surface area contributed by atoms with Crippen LogP contribution < -0.4 is 20.5 Å². The van der Waals surface area contributed by atoms with Gasteiger partial charge < -0.3 is 24.9 Å². The van der Waals surface area contributed by atoms with Gasteiger partial charge in [0.2, 0.25) is 0 Å². The number of nitrogens with one attached hydrogen (secondary N) is 1. The van der Waals surface area contributed by atoms with Gasteiger partial charge in [0.15, 0.2) is 18.1 Å². The number of nitrogen functional groups attached to an aromatic ring is 1. The summed E-state index contributed by atoms with van der Waals surface area (Å²) in [5, 5.41) is 2.64. The average molecular weight is 304 g/mol. The van der Waals surface area contributed by atoms with E-state index in [0.717, 1.165) is 0 Å². The molecule has 0 aliphatic carbocycles. The molecule has 2 aromatic rings. The van der Waals surface area contributed by atoms with Crippen molar-refractivity contribution >= 4 is 17.9 Å². The number of rotatable bonds is 7. The van der Waals surface area contributed by atoms with Gasteiger partial charge in [-0.3, -0.25) is 9.59 Å². The molecule has 0 atom stereocenters. The molecular formula is C15H16N2O5. The van der Waals surface area contributed by atoms with Gasteiger partial charge in [0.1, 0.15) is 12.0 Å². The van der Waals surface area contributed by atoms with Gasteiger partial charge in [-0.05, 0) is 24.3 Å². The molecule has 1 amide bonds. The molecule has 116 valence electrons. The van der Waals surface area contributed by atoms with E-state index in [1.807, 2.05) is 0 Å². The van der Waals surface area contributed by atoms with Crippen LogP contribution in [0.25, 0.3) is 0 Å². The van der Waals surface area contributed by atoms with Crippen molar-refractivity contribution in [3.8, 4) is 11.5 Å². The van der Waals surface area contributed by atoms with Gasteiger partial charge in [0.25, 0.3) is 5.91 Å². The SMILES string of the molecule is COc1cc(C=O)cc(N)c1OCC(=O)NCc1ccco1. The maximum atomic E-state index is 11.7. The van der Waals surface area contributed by atoms with Gasteiger partial charge >= 0.3 is 0 Å². The van der Waals surface area contributed by atoms with Gasteiger partial charge in [-0.15, -0.1) is 0 Å². The first-order chi connectivity index (χ1) is 10.6. The molecular weight excluding hydrogens is 288 g/mol. The standard InChI is InChI=1S/C15H16N2O5/c1-20-13-6-10(8-18)5-12(16)15(13)22-9-14(19)17-7-11-3-2-4-21-11/h2-6,8H,7,9,16H2,1H3,(H,17,19). The third kappa shape index (κ3) is 3.78. The van der Waals surface area contributed by atoms with Gasteiger partial charge in [0.05, 0.1) is 25.6 Å². The lowest BCUT2D eigenvalue weighted by Crippen LogP contribution is -2.28. The fraction of sp³-hybridized carbons (Fsp3) is 0.200. The van der Waals surface area contributed by atoms with E-state index in [1.54, 1.807) is 12.1 Å². The Morgan fingerprint density at radius 1 is 1.45 bits per heavy atom. The first kappa shape index (κ1) is 15.4. The largest absolute Gasteiger partial charge is 0.493 e. The number of nitrogens with two attached hydrogens (primary N) is 1. The van der Waals surface area contributed by atoms with Crippen molar-refractivity contribution in [1.29, 1.82) is 0 Å². The van der Waals surface area contributed by atoms with E-state index in [1.165, 1.54) is 25.5 Å².